The first kappa shape index (κ1) is 19.2. The van der Waals surface area contributed by atoms with Crippen LogP contribution in [0.5, 0.6) is 0 Å². The second-order valence-corrected chi connectivity index (χ2v) is 8.04. The van der Waals surface area contributed by atoms with Gasteiger partial charge in [0.15, 0.2) is 0 Å². The number of likely N-dealkylation sites (tertiary alicyclic amines) is 1. The molecule has 0 atom stereocenters. The highest BCUT2D eigenvalue weighted by Gasteiger charge is 2.21. The van der Waals surface area contributed by atoms with Gasteiger partial charge in [-0.15, -0.1) is 0 Å². The fourth-order valence-corrected chi connectivity index (χ4v) is 4.21. The van der Waals surface area contributed by atoms with Crippen LogP contribution in [0, 0.1) is 0 Å². The Bertz CT molecular complexity index is 1110. The number of rotatable bonds is 4. The summed E-state index contributed by atoms with van der Waals surface area (Å²) in [4.78, 5) is 30.0. The molecule has 0 radical (unpaired) electrons. The van der Waals surface area contributed by atoms with Crippen molar-refractivity contribution in [3.8, 4) is 0 Å². The van der Waals surface area contributed by atoms with E-state index in [-0.39, 0.29) is 11.2 Å². The zero-order valence-corrected chi connectivity index (χ0v) is 16.8. The normalized spacial score (nSPS) is 15.9. The summed E-state index contributed by atoms with van der Waals surface area (Å²) in [5.41, 5.74) is 1.21. The molecule has 1 aliphatic rings. The van der Waals surface area contributed by atoms with Crippen LogP contribution in [0.4, 0.5) is 0 Å². The number of nitrogens with zero attached hydrogens (tertiary/aromatic N) is 2. The molecule has 0 aliphatic carbocycles. The third-order valence-corrected chi connectivity index (χ3v) is 6.27. The van der Waals surface area contributed by atoms with Gasteiger partial charge < -0.3 is 9.88 Å². The molecule has 1 aliphatic heterocycles. The Morgan fingerprint density at radius 1 is 0.964 bits per heavy atom. The molecule has 0 bridgehead atoms. The summed E-state index contributed by atoms with van der Waals surface area (Å²) in [5, 5.41) is 1.71. The van der Waals surface area contributed by atoms with Gasteiger partial charge in [-0.1, -0.05) is 41.4 Å². The number of para-hydroxylation sites is 1. The van der Waals surface area contributed by atoms with Crippen molar-refractivity contribution in [2.45, 2.75) is 25.3 Å². The Kier molecular flexibility index (Phi) is 5.58. The third kappa shape index (κ3) is 3.88. The monoisotopic (exact) mass is 417 g/mol. The standard InChI is InChI=1S/C21H21Cl2N3O2/c22-17-6-5-15(13-18(17)23)14-7-9-25(10-8-14)11-12-26-20(27)16-3-1-2-4-19(16)24-21(26)28/h1-6,13-14H,7-12H2,(H,24,28). The van der Waals surface area contributed by atoms with Crippen LogP contribution in [0.2, 0.25) is 10.0 Å². The van der Waals surface area contributed by atoms with Crippen LogP contribution < -0.4 is 11.2 Å². The maximum atomic E-state index is 12.6. The lowest BCUT2D eigenvalue weighted by atomic mass is 9.89. The zero-order chi connectivity index (χ0) is 19.7. The fourth-order valence-electron chi connectivity index (χ4n) is 3.90. The average molecular weight is 418 g/mol. The minimum Gasteiger partial charge on any atom is -0.307 e. The number of nitrogens with one attached hydrogen (secondary N) is 1. The lowest BCUT2D eigenvalue weighted by Gasteiger charge is -2.32. The first-order valence-corrected chi connectivity index (χ1v) is 10.2. The first-order chi connectivity index (χ1) is 13.5. The van der Waals surface area contributed by atoms with E-state index < -0.39 is 0 Å². The summed E-state index contributed by atoms with van der Waals surface area (Å²) >= 11 is 12.2. The number of fused-ring (bicyclic) bond motifs is 1. The predicted octanol–water partition coefficient (Wildman–Crippen LogP) is 3.88. The highest BCUT2D eigenvalue weighted by molar-refractivity contribution is 6.42. The van der Waals surface area contributed by atoms with Crippen LogP contribution in [0.15, 0.2) is 52.1 Å². The molecule has 1 aromatic heterocycles. The summed E-state index contributed by atoms with van der Waals surface area (Å²) in [5.74, 6) is 0.456. The Hall–Kier alpha value is -2.08. The van der Waals surface area contributed by atoms with E-state index in [9.17, 15) is 9.59 Å². The smallest absolute Gasteiger partial charge is 0.307 e. The third-order valence-electron chi connectivity index (χ3n) is 5.53. The number of benzene rings is 2. The van der Waals surface area contributed by atoms with Gasteiger partial charge in [0.05, 0.1) is 20.9 Å². The van der Waals surface area contributed by atoms with Gasteiger partial charge in [-0.2, -0.15) is 0 Å². The van der Waals surface area contributed by atoms with E-state index >= 15 is 0 Å². The van der Waals surface area contributed by atoms with E-state index in [1.807, 2.05) is 18.2 Å². The van der Waals surface area contributed by atoms with Crippen molar-refractivity contribution < 1.29 is 0 Å². The van der Waals surface area contributed by atoms with Gasteiger partial charge in [0.25, 0.3) is 5.56 Å². The van der Waals surface area contributed by atoms with Gasteiger partial charge in [-0.3, -0.25) is 9.36 Å². The Morgan fingerprint density at radius 2 is 1.71 bits per heavy atom. The lowest BCUT2D eigenvalue weighted by molar-refractivity contribution is 0.204. The van der Waals surface area contributed by atoms with E-state index in [0.29, 0.717) is 40.0 Å². The highest BCUT2D eigenvalue weighted by Crippen LogP contribution is 2.32. The second-order valence-electron chi connectivity index (χ2n) is 7.22. The van der Waals surface area contributed by atoms with Crippen LogP contribution in [-0.2, 0) is 6.54 Å². The molecule has 0 saturated carbocycles. The minimum absolute atomic E-state index is 0.231. The summed E-state index contributed by atoms with van der Waals surface area (Å²) in [6.45, 7) is 2.90. The maximum absolute atomic E-state index is 12.6. The average Bonchev–Trinajstić information content (AvgIpc) is 2.70. The summed E-state index contributed by atoms with van der Waals surface area (Å²) in [6.07, 6.45) is 2.03. The molecule has 1 N–H and O–H groups in total. The molecule has 7 heteroatoms. The van der Waals surface area contributed by atoms with E-state index in [4.69, 9.17) is 23.2 Å². The molecular weight excluding hydrogens is 397 g/mol. The number of hydrogen-bond donors (Lipinski definition) is 1. The molecule has 2 aromatic carbocycles. The summed E-state index contributed by atoms with van der Waals surface area (Å²) in [7, 11) is 0. The second kappa shape index (κ2) is 8.11. The van der Waals surface area contributed by atoms with Gasteiger partial charge in [0.1, 0.15) is 0 Å². The van der Waals surface area contributed by atoms with Crippen molar-refractivity contribution in [2.24, 2.45) is 0 Å². The van der Waals surface area contributed by atoms with E-state index in [0.717, 1.165) is 25.9 Å². The number of halogens is 2. The van der Waals surface area contributed by atoms with Crippen LogP contribution in [0.1, 0.15) is 24.3 Å². The van der Waals surface area contributed by atoms with E-state index in [2.05, 4.69) is 9.88 Å². The number of hydrogen-bond acceptors (Lipinski definition) is 3. The zero-order valence-electron chi connectivity index (χ0n) is 15.3. The van der Waals surface area contributed by atoms with Crippen LogP contribution in [0.25, 0.3) is 10.9 Å². The molecule has 0 unspecified atom stereocenters. The molecular formula is C21H21Cl2N3O2. The van der Waals surface area contributed by atoms with Crippen molar-refractivity contribution >= 4 is 34.1 Å². The molecule has 0 amide bonds. The molecule has 2 heterocycles. The van der Waals surface area contributed by atoms with Gasteiger partial charge >= 0.3 is 5.69 Å². The lowest BCUT2D eigenvalue weighted by Crippen LogP contribution is -2.41. The van der Waals surface area contributed by atoms with Crippen molar-refractivity contribution in [2.75, 3.05) is 19.6 Å². The summed E-state index contributed by atoms with van der Waals surface area (Å²) in [6, 6.07) is 13.0. The number of piperidine rings is 1. The maximum Gasteiger partial charge on any atom is 0.328 e. The van der Waals surface area contributed by atoms with E-state index in [1.54, 1.807) is 24.3 Å². The highest BCUT2D eigenvalue weighted by atomic mass is 35.5. The SMILES string of the molecule is O=c1[nH]c2ccccc2c(=O)n1CCN1CCC(c2ccc(Cl)c(Cl)c2)CC1. The number of aromatic nitrogens is 2. The van der Waals surface area contributed by atoms with Crippen LogP contribution in [-0.4, -0.2) is 34.1 Å². The Morgan fingerprint density at radius 3 is 2.46 bits per heavy atom. The van der Waals surface area contributed by atoms with Gasteiger partial charge in [-0.05, 0) is 61.7 Å². The van der Waals surface area contributed by atoms with Gasteiger partial charge in [0, 0.05) is 13.1 Å². The van der Waals surface area contributed by atoms with Crippen LogP contribution >= 0.6 is 23.2 Å². The molecule has 4 rings (SSSR count). The topological polar surface area (TPSA) is 58.1 Å². The minimum atomic E-state index is -0.352. The van der Waals surface area contributed by atoms with E-state index in [1.165, 1.54) is 10.1 Å². The molecule has 0 spiro atoms. The van der Waals surface area contributed by atoms with Crippen molar-refractivity contribution in [3.05, 3.63) is 78.9 Å². The predicted molar refractivity (Wildman–Crippen MR) is 114 cm³/mol. The first-order valence-electron chi connectivity index (χ1n) is 9.42. The number of aromatic amines is 1. The number of H-pyrrole nitrogens is 1. The molecule has 3 aromatic rings. The fraction of sp³-hybridized carbons (Fsp3) is 0.333. The molecule has 146 valence electrons. The van der Waals surface area contributed by atoms with Crippen molar-refractivity contribution in [1.82, 2.24) is 14.5 Å². The molecule has 1 saturated heterocycles. The molecule has 28 heavy (non-hydrogen) atoms. The largest absolute Gasteiger partial charge is 0.328 e. The van der Waals surface area contributed by atoms with Crippen LogP contribution in [0.3, 0.4) is 0 Å². The molecule has 1 fully saturated rings. The molecule has 5 nitrogen and oxygen atoms in total. The van der Waals surface area contributed by atoms with Crippen molar-refractivity contribution in [3.63, 3.8) is 0 Å². The van der Waals surface area contributed by atoms with Gasteiger partial charge in [0.2, 0.25) is 0 Å². The Balaban J connectivity index is 1.41. The van der Waals surface area contributed by atoms with Gasteiger partial charge in [-0.25, -0.2) is 4.79 Å². The Labute approximate surface area is 172 Å². The quantitative estimate of drug-likeness (QED) is 0.700. The van der Waals surface area contributed by atoms with Crippen molar-refractivity contribution in [1.29, 1.82) is 0 Å². The summed E-state index contributed by atoms with van der Waals surface area (Å²) < 4.78 is 1.30.